The molecular weight excluding hydrogens is 324 g/mol. The number of nitrogens with zero attached hydrogens (tertiary/aromatic N) is 1. The summed E-state index contributed by atoms with van der Waals surface area (Å²) in [6, 6.07) is 10.8. The Morgan fingerprint density at radius 1 is 1.40 bits per heavy atom. The standard InChI is InChI=1S/C14H13BrN2O3/c1-10(13-6-3-7-19-13)16-17-14(18)9-20-12-5-2-4-11(15)8-12/h2-8H,9H2,1H3,(H,17,18). The van der Waals surface area contributed by atoms with Crippen LogP contribution in [-0.4, -0.2) is 18.2 Å². The van der Waals surface area contributed by atoms with Crippen LogP contribution in [0.3, 0.4) is 0 Å². The number of carbonyl (C=O) groups is 1. The van der Waals surface area contributed by atoms with Gasteiger partial charge < -0.3 is 9.15 Å². The highest BCUT2D eigenvalue weighted by atomic mass is 79.9. The zero-order valence-electron chi connectivity index (χ0n) is 10.8. The Balaban J connectivity index is 1.83. The number of halogens is 1. The van der Waals surface area contributed by atoms with Gasteiger partial charge in [-0.15, -0.1) is 0 Å². The van der Waals surface area contributed by atoms with E-state index in [2.05, 4.69) is 26.5 Å². The van der Waals surface area contributed by atoms with Gasteiger partial charge in [0.15, 0.2) is 6.61 Å². The summed E-state index contributed by atoms with van der Waals surface area (Å²) in [6.45, 7) is 1.64. The Morgan fingerprint density at radius 2 is 2.25 bits per heavy atom. The third kappa shape index (κ3) is 4.24. The average Bonchev–Trinajstić information content (AvgIpc) is 2.97. The van der Waals surface area contributed by atoms with Crippen molar-refractivity contribution in [1.29, 1.82) is 0 Å². The number of ether oxygens (including phenoxy) is 1. The van der Waals surface area contributed by atoms with Crippen molar-refractivity contribution in [3.63, 3.8) is 0 Å². The molecule has 104 valence electrons. The Morgan fingerprint density at radius 3 is 2.95 bits per heavy atom. The van der Waals surface area contributed by atoms with Crippen LogP contribution < -0.4 is 10.2 Å². The summed E-state index contributed by atoms with van der Waals surface area (Å²) in [6.07, 6.45) is 1.55. The van der Waals surface area contributed by atoms with E-state index in [4.69, 9.17) is 9.15 Å². The molecule has 1 aromatic carbocycles. The maximum absolute atomic E-state index is 11.6. The predicted octanol–water partition coefficient (Wildman–Crippen LogP) is 2.96. The van der Waals surface area contributed by atoms with Crippen LogP contribution >= 0.6 is 15.9 Å². The van der Waals surface area contributed by atoms with E-state index in [9.17, 15) is 4.79 Å². The highest BCUT2D eigenvalue weighted by Gasteiger charge is 2.04. The second kappa shape index (κ2) is 6.91. The lowest BCUT2D eigenvalue weighted by Crippen LogP contribution is -2.25. The van der Waals surface area contributed by atoms with Crippen molar-refractivity contribution in [3.8, 4) is 5.75 Å². The van der Waals surface area contributed by atoms with Gasteiger partial charge in [0.25, 0.3) is 5.91 Å². The summed E-state index contributed by atoms with van der Waals surface area (Å²) >= 11 is 3.33. The van der Waals surface area contributed by atoms with E-state index in [1.165, 1.54) is 0 Å². The molecule has 0 unspecified atom stereocenters. The molecule has 0 spiro atoms. The van der Waals surface area contributed by atoms with Crippen molar-refractivity contribution < 1.29 is 13.9 Å². The van der Waals surface area contributed by atoms with Gasteiger partial charge in [0.05, 0.1) is 6.26 Å². The molecule has 1 aromatic heterocycles. The van der Waals surface area contributed by atoms with Gasteiger partial charge in [-0.05, 0) is 37.3 Å². The molecule has 2 aromatic rings. The van der Waals surface area contributed by atoms with Crippen LogP contribution in [0.15, 0.2) is 56.7 Å². The number of benzene rings is 1. The van der Waals surface area contributed by atoms with E-state index in [0.717, 1.165) is 4.47 Å². The highest BCUT2D eigenvalue weighted by molar-refractivity contribution is 9.10. The fraction of sp³-hybridized carbons (Fsp3) is 0.143. The van der Waals surface area contributed by atoms with Crippen LogP contribution in [0.5, 0.6) is 5.75 Å². The molecule has 5 nitrogen and oxygen atoms in total. The number of hydrazone groups is 1. The van der Waals surface area contributed by atoms with Crippen LogP contribution in [0.1, 0.15) is 12.7 Å². The number of furan rings is 1. The first-order valence-corrected chi connectivity index (χ1v) is 6.70. The summed E-state index contributed by atoms with van der Waals surface area (Å²) in [7, 11) is 0. The molecule has 1 heterocycles. The molecule has 0 aliphatic carbocycles. The van der Waals surface area contributed by atoms with Gasteiger partial charge in [0, 0.05) is 4.47 Å². The Bertz CT molecular complexity index is 609. The van der Waals surface area contributed by atoms with E-state index in [0.29, 0.717) is 17.2 Å². The van der Waals surface area contributed by atoms with Crippen molar-refractivity contribution in [1.82, 2.24) is 5.43 Å². The van der Waals surface area contributed by atoms with E-state index in [-0.39, 0.29) is 12.5 Å². The molecule has 20 heavy (non-hydrogen) atoms. The first-order valence-electron chi connectivity index (χ1n) is 5.90. The second-order valence-corrected chi connectivity index (χ2v) is 4.87. The third-order valence-corrected chi connectivity index (χ3v) is 2.89. The Kier molecular flexibility index (Phi) is 4.95. The van der Waals surface area contributed by atoms with Crippen LogP contribution in [-0.2, 0) is 4.79 Å². The zero-order valence-corrected chi connectivity index (χ0v) is 12.4. The minimum absolute atomic E-state index is 0.106. The maximum atomic E-state index is 11.6. The highest BCUT2D eigenvalue weighted by Crippen LogP contribution is 2.17. The molecule has 0 aliphatic heterocycles. The summed E-state index contributed by atoms with van der Waals surface area (Å²) < 4.78 is 11.4. The molecule has 0 bridgehead atoms. The molecule has 6 heteroatoms. The monoisotopic (exact) mass is 336 g/mol. The lowest BCUT2D eigenvalue weighted by atomic mass is 10.3. The maximum Gasteiger partial charge on any atom is 0.277 e. The van der Waals surface area contributed by atoms with Gasteiger partial charge in [-0.3, -0.25) is 4.79 Å². The molecule has 0 atom stereocenters. The summed E-state index contributed by atoms with van der Waals surface area (Å²) in [5.41, 5.74) is 3.00. The SMILES string of the molecule is CC(=NNC(=O)COc1cccc(Br)c1)c1ccco1. The van der Waals surface area contributed by atoms with E-state index < -0.39 is 0 Å². The minimum atomic E-state index is -0.337. The van der Waals surface area contributed by atoms with Crippen LogP contribution in [0.25, 0.3) is 0 Å². The molecule has 0 saturated heterocycles. The number of hydrogen-bond acceptors (Lipinski definition) is 4. The van der Waals surface area contributed by atoms with Crippen LogP contribution in [0.4, 0.5) is 0 Å². The number of rotatable bonds is 5. The number of hydrogen-bond donors (Lipinski definition) is 1. The van der Waals surface area contributed by atoms with Crippen molar-refractivity contribution in [3.05, 3.63) is 52.9 Å². The fourth-order valence-electron chi connectivity index (χ4n) is 1.42. The van der Waals surface area contributed by atoms with Crippen molar-refractivity contribution in [2.24, 2.45) is 5.10 Å². The van der Waals surface area contributed by atoms with Crippen molar-refractivity contribution in [2.45, 2.75) is 6.92 Å². The number of carbonyl (C=O) groups excluding carboxylic acids is 1. The lowest BCUT2D eigenvalue weighted by molar-refractivity contribution is -0.123. The summed E-state index contributed by atoms with van der Waals surface area (Å²) in [4.78, 5) is 11.6. The van der Waals surface area contributed by atoms with Gasteiger partial charge in [-0.2, -0.15) is 5.10 Å². The zero-order chi connectivity index (χ0) is 14.4. The van der Waals surface area contributed by atoms with Gasteiger partial charge in [-0.25, -0.2) is 5.43 Å². The van der Waals surface area contributed by atoms with E-state index in [1.807, 2.05) is 12.1 Å². The summed E-state index contributed by atoms with van der Waals surface area (Å²) in [5, 5.41) is 3.93. The first-order chi connectivity index (χ1) is 9.65. The Hall–Kier alpha value is -2.08. The van der Waals surface area contributed by atoms with Gasteiger partial charge in [0.1, 0.15) is 17.2 Å². The molecule has 1 amide bonds. The average molecular weight is 337 g/mol. The quantitative estimate of drug-likeness (QED) is 0.674. The Labute approximate surface area is 124 Å². The normalized spacial score (nSPS) is 11.2. The molecule has 0 saturated carbocycles. The van der Waals surface area contributed by atoms with Crippen LogP contribution in [0.2, 0.25) is 0 Å². The largest absolute Gasteiger partial charge is 0.484 e. The van der Waals surface area contributed by atoms with E-state index in [1.54, 1.807) is 37.5 Å². The first kappa shape index (κ1) is 14.3. The number of nitrogens with one attached hydrogen (secondary N) is 1. The van der Waals surface area contributed by atoms with Gasteiger partial charge in [0.2, 0.25) is 0 Å². The van der Waals surface area contributed by atoms with Gasteiger partial charge >= 0.3 is 0 Å². The van der Waals surface area contributed by atoms with Crippen molar-refractivity contribution >= 4 is 27.5 Å². The summed E-state index contributed by atoms with van der Waals surface area (Å²) in [5.74, 6) is 0.885. The van der Waals surface area contributed by atoms with E-state index >= 15 is 0 Å². The lowest BCUT2D eigenvalue weighted by Gasteiger charge is -2.05. The third-order valence-electron chi connectivity index (χ3n) is 2.39. The molecule has 0 aliphatic rings. The molecule has 0 fully saturated rings. The van der Waals surface area contributed by atoms with Crippen molar-refractivity contribution in [2.75, 3.05) is 6.61 Å². The fourth-order valence-corrected chi connectivity index (χ4v) is 1.80. The second-order valence-electron chi connectivity index (χ2n) is 3.96. The molecular formula is C14H13BrN2O3. The topological polar surface area (TPSA) is 63.8 Å². The number of amides is 1. The molecule has 2 rings (SSSR count). The molecule has 0 radical (unpaired) electrons. The van der Waals surface area contributed by atoms with Crippen LogP contribution in [0, 0.1) is 0 Å². The molecule has 1 N–H and O–H groups in total. The van der Waals surface area contributed by atoms with Gasteiger partial charge in [-0.1, -0.05) is 22.0 Å². The minimum Gasteiger partial charge on any atom is -0.484 e. The predicted molar refractivity (Wildman–Crippen MR) is 78.7 cm³/mol. The smallest absolute Gasteiger partial charge is 0.277 e.